The summed E-state index contributed by atoms with van der Waals surface area (Å²) in [6, 6.07) is -0.474. The highest BCUT2D eigenvalue weighted by Crippen LogP contribution is 2.48. The maximum Gasteiger partial charge on any atom is 0.348 e. The summed E-state index contributed by atoms with van der Waals surface area (Å²) in [5.41, 5.74) is 0. The second-order valence-electron chi connectivity index (χ2n) is 4.48. The van der Waals surface area contributed by atoms with Crippen molar-refractivity contribution in [3.8, 4) is 0 Å². The van der Waals surface area contributed by atoms with Crippen molar-refractivity contribution in [3.63, 3.8) is 0 Å². The molecule has 2 unspecified atom stereocenters. The summed E-state index contributed by atoms with van der Waals surface area (Å²) in [5.74, 6) is -1.23. The van der Waals surface area contributed by atoms with E-state index in [-0.39, 0.29) is 5.92 Å². The zero-order chi connectivity index (χ0) is 14.3. The highest BCUT2D eigenvalue weighted by Gasteiger charge is 2.40. The van der Waals surface area contributed by atoms with E-state index in [0.29, 0.717) is 12.8 Å². The first kappa shape index (κ1) is 17.4. The van der Waals surface area contributed by atoms with Gasteiger partial charge in [0.1, 0.15) is 5.78 Å². The number of carbonyl (C=O) groups excluding carboxylic acids is 1. The highest BCUT2D eigenvalue weighted by molar-refractivity contribution is 7.52. The predicted octanol–water partition coefficient (Wildman–Crippen LogP) is 1.98. The van der Waals surface area contributed by atoms with Crippen molar-refractivity contribution in [1.29, 1.82) is 0 Å². The minimum Gasteiger partial charge on any atom is -0.341 e. The second-order valence-corrected chi connectivity index (χ2v) is 6.19. The molecule has 0 aromatic heterocycles. The van der Waals surface area contributed by atoms with Gasteiger partial charge in [-0.2, -0.15) is 0 Å². The van der Waals surface area contributed by atoms with Crippen LogP contribution in [0, 0.1) is 5.92 Å². The molecular weight excluding hydrogens is 255 g/mol. The Labute approximate surface area is 109 Å². The number of nitrogens with zero attached hydrogens (tertiary/aromatic N) is 1. The number of hydrogen-bond donors (Lipinski definition) is 3. The van der Waals surface area contributed by atoms with Gasteiger partial charge in [0.05, 0.1) is 0 Å². The number of unbranched alkanes of at least 4 members (excludes halogenated alkanes) is 1. The number of nitrogens with one attached hydrogen (secondary N) is 1. The van der Waals surface area contributed by atoms with Gasteiger partial charge in [-0.1, -0.05) is 33.1 Å². The van der Waals surface area contributed by atoms with E-state index in [4.69, 9.17) is 0 Å². The lowest BCUT2D eigenvalue weighted by molar-refractivity contribution is 0.174. The summed E-state index contributed by atoms with van der Waals surface area (Å²) >= 11 is 0. The normalized spacial score (nSPS) is 15.0. The van der Waals surface area contributed by atoms with Crippen molar-refractivity contribution in [2.45, 2.75) is 45.3 Å². The number of urea groups is 1. The minimum absolute atomic E-state index is 0.187. The van der Waals surface area contributed by atoms with E-state index in [0.717, 1.165) is 17.7 Å². The molecule has 0 radical (unpaired) electrons. The summed E-state index contributed by atoms with van der Waals surface area (Å²) in [5, 5.41) is 2.40. The third-order valence-corrected chi connectivity index (χ3v) is 4.61. The number of carbonyl (C=O) groups is 1. The second kappa shape index (κ2) is 7.77. The fourth-order valence-corrected chi connectivity index (χ4v) is 3.61. The van der Waals surface area contributed by atoms with Gasteiger partial charge in [-0.3, -0.25) is 4.57 Å². The maximum atomic E-state index is 11.6. The number of rotatable bonds is 7. The molecule has 0 rings (SSSR count). The van der Waals surface area contributed by atoms with Crippen molar-refractivity contribution in [2.24, 2.45) is 5.92 Å². The summed E-state index contributed by atoms with van der Waals surface area (Å²) < 4.78 is 11.6. The Kier molecular flexibility index (Phi) is 7.52. The molecule has 3 N–H and O–H groups in total. The van der Waals surface area contributed by atoms with Crippen LogP contribution in [0.3, 0.4) is 0 Å². The van der Waals surface area contributed by atoms with Crippen molar-refractivity contribution in [3.05, 3.63) is 0 Å². The molecule has 0 fully saturated rings. The summed E-state index contributed by atoms with van der Waals surface area (Å²) in [6.45, 7) is 3.92. The first-order valence-corrected chi connectivity index (χ1v) is 7.97. The van der Waals surface area contributed by atoms with Crippen LogP contribution in [0.15, 0.2) is 0 Å². The molecule has 0 saturated carbocycles. The van der Waals surface area contributed by atoms with E-state index in [1.807, 2.05) is 13.8 Å². The minimum atomic E-state index is -4.35. The molecule has 7 heteroatoms. The van der Waals surface area contributed by atoms with Crippen molar-refractivity contribution >= 4 is 13.6 Å². The monoisotopic (exact) mass is 280 g/mol. The van der Waals surface area contributed by atoms with E-state index in [9.17, 15) is 19.1 Å². The molecule has 2 atom stereocenters. The van der Waals surface area contributed by atoms with Crippen LogP contribution in [0.25, 0.3) is 0 Å². The predicted molar refractivity (Wildman–Crippen MR) is 71.4 cm³/mol. The van der Waals surface area contributed by atoms with Gasteiger partial charge in [-0.15, -0.1) is 0 Å². The SMILES string of the molecule is CCCCC(CC)C(N(C)C(=O)NC)P(=O)(O)O. The van der Waals surface area contributed by atoms with Crippen LogP contribution in [-0.2, 0) is 4.57 Å². The largest absolute Gasteiger partial charge is 0.348 e. The maximum absolute atomic E-state index is 11.6. The smallest absolute Gasteiger partial charge is 0.341 e. The average Bonchev–Trinajstić information content (AvgIpc) is 2.30. The molecular formula is C11H25N2O4P. The molecule has 0 bridgehead atoms. The zero-order valence-corrected chi connectivity index (χ0v) is 12.5. The highest BCUT2D eigenvalue weighted by atomic mass is 31.2. The standard InChI is InChI=1S/C11H25N2O4P/c1-5-7-8-9(6-2)10(18(15,16)17)13(4)11(14)12-3/h9-10H,5-8H2,1-4H3,(H,12,14)(H2,15,16,17). The van der Waals surface area contributed by atoms with Gasteiger partial charge in [-0.05, 0) is 12.3 Å². The molecule has 0 spiro atoms. The summed E-state index contributed by atoms with van der Waals surface area (Å²) in [7, 11) is -1.47. The van der Waals surface area contributed by atoms with Crippen LogP contribution in [-0.4, -0.2) is 40.6 Å². The van der Waals surface area contributed by atoms with E-state index in [2.05, 4.69) is 5.32 Å². The molecule has 0 aromatic rings. The summed E-state index contributed by atoms with van der Waals surface area (Å²) in [6.07, 6.45) is 3.21. The molecule has 108 valence electrons. The molecule has 0 aliphatic heterocycles. The van der Waals surface area contributed by atoms with Crippen LogP contribution in [0.1, 0.15) is 39.5 Å². The van der Waals surface area contributed by atoms with E-state index >= 15 is 0 Å². The van der Waals surface area contributed by atoms with Crippen LogP contribution in [0.5, 0.6) is 0 Å². The van der Waals surface area contributed by atoms with E-state index in [1.54, 1.807) is 0 Å². The van der Waals surface area contributed by atoms with Gasteiger partial charge in [-0.25, -0.2) is 4.79 Å². The van der Waals surface area contributed by atoms with Gasteiger partial charge in [0.2, 0.25) is 0 Å². The Hall–Kier alpha value is -0.580. The first-order valence-electron chi connectivity index (χ1n) is 6.29. The van der Waals surface area contributed by atoms with Crippen LogP contribution < -0.4 is 5.32 Å². The first-order chi connectivity index (χ1) is 8.29. The molecule has 6 nitrogen and oxygen atoms in total. The van der Waals surface area contributed by atoms with Gasteiger partial charge in [0.15, 0.2) is 0 Å². The Morgan fingerprint density at radius 1 is 1.39 bits per heavy atom. The van der Waals surface area contributed by atoms with E-state index in [1.165, 1.54) is 14.1 Å². The lowest BCUT2D eigenvalue weighted by Crippen LogP contribution is -2.45. The number of hydrogen-bond acceptors (Lipinski definition) is 2. The molecule has 18 heavy (non-hydrogen) atoms. The molecule has 0 aromatic carbocycles. The molecule has 0 aliphatic rings. The van der Waals surface area contributed by atoms with Crippen LogP contribution in [0.2, 0.25) is 0 Å². The third-order valence-electron chi connectivity index (χ3n) is 3.15. The Morgan fingerprint density at radius 2 is 1.94 bits per heavy atom. The van der Waals surface area contributed by atoms with Crippen molar-refractivity contribution in [1.82, 2.24) is 10.2 Å². The Balaban J connectivity index is 5.08. The molecule has 0 saturated heterocycles. The zero-order valence-electron chi connectivity index (χ0n) is 11.6. The van der Waals surface area contributed by atoms with Crippen LogP contribution in [0.4, 0.5) is 4.79 Å². The Bertz CT molecular complexity index is 305. The van der Waals surface area contributed by atoms with Gasteiger partial charge in [0, 0.05) is 14.1 Å². The Morgan fingerprint density at radius 3 is 2.28 bits per heavy atom. The average molecular weight is 280 g/mol. The topological polar surface area (TPSA) is 89.9 Å². The molecule has 2 amide bonds. The number of amides is 2. The third kappa shape index (κ3) is 4.96. The quantitative estimate of drug-likeness (QED) is 0.622. The van der Waals surface area contributed by atoms with Crippen molar-refractivity contribution in [2.75, 3.05) is 14.1 Å². The molecule has 0 heterocycles. The van der Waals surface area contributed by atoms with Gasteiger partial charge in [0.25, 0.3) is 0 Å². The summed E-state index contributed by atoms with van der Waals surface area (Å²) in [4.78, 5) is 31.7. The van der Waals surface area contributed by atoms with E-state index < -0.39 is 19.4 Å². The lowest BCUT2D eigenvalue weighted by Gasteiger charge is -2.34. The van der Waals surface area contributed by atoms with Gasteiger partial charge >= 0.3 is 13.6 Å². The fraction of sp³-hybridized carbons (Fsp3) is 0.909. The van der Waals surface area contributed by atoms with Gasteiger partial charge < -0.3 is 20.0 Å². The fourth-order valence-electron chi connectivity index (χ4n) is 2.14. The lowest BCUT2D eigenvalue weighted by atomic mass is 9.98. The van der Waals surface area contributed by atoms with Crippen molar-refractivity contribution < 1.29 is 19.1 Å². The molecule has 0 aliphatic carbocycles. The van der Waals surface area contributed by atoms with Crippen LogP contribution >= 0.6 is 7.60 Å².